The van der Waals surface area contributed by atoms with Crippen LogP contribution in [0.1, 0.15) is 18.5 Å². The molecule has 28 heavy (non-hydrogen) atoms. The Morgan fingerprint density at radius 1 is 1.29 bits per heavy atom. The predicted octanol–water partition coefficient (Wildman–Crippen LogP) is 4.46. The molecule has 0 fully saturated rings. The molecule has 0 aliphatic heterocycles. The molecule has 0 radical (unpaired) electrons. The number of rotatable bonds is 6. The number of nitrogens with one attached hydrogen (secondary N) is 1. The van der Waals surface area contributed by atoms with E-state index in [0.717, 1.165) is 6.34 Å². The van der Waals surface area contributed by atoms with Gasteiger partial charge in [-0.1, -0.05) is 30.3 Å². The molecule has 2 rings (SSSR count). The molecule has 1 unspecified atom stereocenters. The van der Waals surface area contributed by atoms with Gasteiger partial charge in [0.1, 0.15) is 5.82 Å². The lowest BCUT2D eigenvalue weighted by atomic mass is 10.1. The van der Waals surface area contributed by atoms with Crippen molar-refractivity contribution in [2.45, 2.75) is 29.3 Å². The summed E-state index contributed by atoms with van der Waals surface area (Å²) in [4.78, 5) is 3.85. The van der Waals surface area contributed by atoms with Crippen LogP contribution in [0.2, 0.25) is 5.02 Å². The monoisotopic (exact) mass is 455 g/mol. The first kappa shape index (κ1) is 22.5. The zero-order valence-corrected chi connectivity index (χ0v) is 16.7. The number of thiophene rings is 1. The Morgan fingerprint density at radius 2 is 1.89 bits per heavy atom. The SMILES string of the molecule is C=c1scc(Cl)/c1=C(/N=C\N)NC(C)c1ccc(SC(F)(F)C(F)(F)F)cc1. The normalized spacial score (nSPS) is 15.0. The summed E-state index contributed by atoms with van der Waals surface area (Å²) in [7, 11) is 0. The zero-order valence-electron chi connectivity index (χ0n) is 14.4. The number of aliphatic imine (C=N–C) groups is 1. The Hall–Kier alpha value is -1.78. The van der Waals surface area contributed by atoms with E-state index in [9.17, 15) is 22.0 Å². The van der Waals surface area contributed by atoms with E-state index in [2.05, 4.69) is 16.9 Å². The molecule has 3 N–H and O–H groups in total. The molecule has 0 amide bonds. The van der Waals surface area contributed by atoms with Crippen molar-refractivity contribution in [3.8, 4) is 0 Å². The lowest BCUT2D eigenvalue weighted by Gasteiger charge is -2.19. The van der Waals surface area contributed by atoms with Crippen LogP contribution in [0.25, 0.3) is 12.4 Å². The minimum absolute atomic E-state index is 0.205. The average Bonchev–Trinajstić information content (AvgIpc) is 2.92. The summed E-state index contributed by atoms with van der Waals surface area (Å²) >= 11 is 6.94. The molecular weight excluding hydrogens is 441 g/mol. The Morgan fingerprint density at radius 3 is 2.36 bits per heavy atom. The molecule has 2 aromatic rings. The smallest absolute Gasteiger partial charge is 0.390 e. The summed E-state index contributed by atoms with van der Waals surface area (Å²) < 4.78 is 63.9. The summed E-state index contributed by atoms with van der Waals surface area (Å²) in [6.45, 7) is 5.65. The molecule has 11 heteroatoms. The van der Waals surface area contributed by atoms with Gasteiger partial charge in [-0.2, -0.15) is 22.0 Å². The number of benzene rings is 1. The van der Waals surface area contributed by atoms with Crippen LogP contribution < -0.4 is 20.8 Å². The van der Waals surface area contributed by atoms with Crippen LogP contribution >= 0.6 is 34.7 Å². The number of halogens is 6. The van der Waals surface area contributed by atoms with Gasteiger partial charge in [0.05, 0.1) is 16.6 Å². The fourth-order valence-electron chi connectivity index (χ4n) is 2.19. The van der Waals surface area contributed by atoms with Crippen molar-refractivity contribution in [2.75, 3.05) is 0 Å². The summed E-state index contributed by atoms with van der Waals surface area (Å²) in [6.07, 6.45) is -4.54. The molecule has 152 valence electrons. The van der Waals surface area contributed by atoms with Crippen molar-refractivity contribution < 1.29 is 22.0 Å². The van der Waals surface area contributed by atoms with Gasteiger partial charge in [-0.3, -0.25) is 0 Å². The van der Waals surface area contributed by atoms with Gasteiger partial charge in [0.15, 0.2) is 0 Å². The highest BCUT2D eigenvalue weighted by Gasteiger charge is 2.58. The second-order valence-corrected chi connectivity index (χ2v) is 8.12. The largest absolute Gasteiger partial charge is 0.464 e. The Labute approximate surface area is 170 Å². The third-order valence-electron chi connectivity index (χ3n) is 3.57. The molecule has 3 nitrogen and oxygen atoms in total. The fourth-order valence-corrected chi connectivity index (χ4v) is 3.95. The molecule has 1 atom stereocenters. The molecule has 0 bridgehead atoms. The number of hydrogen-bond acceptors (Lipinski definition) is 4. The molecule has 0 spiro atoms. The first-order valence-electron chi connectivity index (χ1n) is 7.67. The van der Waals surface area contributed by atoms with Gasteiger partial charge in [0.25, 0.3) is 0 Å². The van der Waals surface area contributed by atoms with E-state index in [-0.39, 0.29) is 10.9 Å². The highest BCUT2D eigenvalue weighted by Crippen LogP contribution is 2.47. The minimum Gasteiger partial charge on any atom is -0.390 e. The summed E-state index contributed by atoms with van der Waals surface area (Å²) in [5.74, 6) is 0.369. The number of nitrogens with zero attached hydrogens (tertiary/aromatic N) is 1. The van der Waals surface area contributed by atoms with E-state index in [1.54, 1.807) is 12.3 Å². The standard InChI is InChI=1S/C17H15ClF5N3S2/c1-9(26-15(25-8-24)14-10(2)27-7-13(14)18)11-3-5-12(6-4-11)28-17(22,23)16(19,20)21/h3-9,26H,2H2,1H3,(H2,24,25)/b15-14-. The van der Waals surface area contributed by atoms with Gasteiger partial charge in [-0.15, -0.1) is 11.3 Å². The van der Waals surface area contributed by atoms with Gasteiger partial charge in [-0.25, -0.2) is 4.99 Å². The van der Waals surface area contributed by atoms with Crippen molar-refractivity contribution in [3.63, 3.8) is 0 Å². The van der Waals surface area contributed by atoms with E-state index < -0.39 is 23.2 Å². The van der Waals surface area contributed by atoms with Crippen LogP contribution in [-0.4, -0.2) is 17.8 Å². The van der Waals surface area contributed by atoms with Crippen LogP contribution in [0.3, 0.4) is 0 Å². The molecule has 0 saturated carbocycles. The van der Waals surface area contributed by atoms with E-state index >= 15 is 0 Å². The number of thioether (sulfide) groups is 1. The second kappa shape index (κ2) is 8.71. The summed E-state index contributed by atoms with van der Waals surface area (Å²) in [5.41, 5.74) is 6.03. The highest BCUT2D eigenvalue weighted by atomic mass is 35.5. The van der Waals surface area contributed by atoms with Crippen molar-refractivity contribution in [2.24, 2.45) is 10.7 Å². The number of nitrogens with two attached hydrogens (primary N) is 1. The molecule has 0 aliphatic carbocycles. The molecule has 0 aliphatic rings. The fraction of sp³-hybridized carbons (Fsp3) is 0.235. The number of hydrogen-bond donors (Lipinski definition) is 2. The quantitative estimate of drug-likeness (QED) is 0.292. The lowest BCUT2D eigenvalue weighted by Crippen LogP contribution is -2.32. The van der Waals surface area contributed by atoms with Crippen molar-refractivity contribution in [1.82, 2.24) is 5.32 Å². The van der Waals surface area contributed by atoms with E-state index in [0.29, 0.717) is 26.2 Å². The third-order valence-corrected chi connectivity index (χ3v) is 5.84. The van der Waals surface area contributed by atoms with Crippen LogP contribution in [0.15, 0.2) is 39.5 Å². The maximum absolute atomic E-state index is 13.1. The van der Waals surface area contributed by atoms with Crippen LogP contribution in [0, 0.1) is 0 Å². The Kier molecular flexibility index (Phi) is 7.00. The van der Waals surface area contributed by atoms with E-state index in [1.165, 1.54) is 35.6 Å². The molecule has 1 aromatic carbocycles. The zero-order chi connectivity index (χ0) is 21.1. The van der Waals surface area contributed by atoms with Gasteiger partial charge in [-0.05, 0) is 36.4 Å². The maximum Gasteiger partial charge on any atom is 0.464 e. The minimum atomic E-state index is -5.62. The Bertz CT molecular complexity index is 955. The topological polar surface area (TPSA) is 50.4 Å². The molecule has 1 aromatic heterocycles. The van der Waals surface area contributed by atoms with E-state index in [1.807, 2.05) is 0 Å². The van der Waals surface area contributed by atoms with Crippen molar-refractivity contribution >= 4 is 53.4 Å². The van der Waals surface area contributed by atoms with E-state index in [4.69, 9.17) is 17.3 Å². The van der Waals surface area contributed by atoms with Gasteiger partial charge in [0, 0.05) is 20.8 Å². The highest BCUT2D eigenvalue weighted by molar-refractivity contribution is 8.00. The van der Waals surface area contributed by atoms with Crippen LogP contribution in [0.4, 0.5) is 22.0 Å². The number of alkyl halides is 5. The molecule has 1 heterocycles. The average molecular weight is 456 g/mol. The summed E-state index contributed by atoms with van der Waals surface area (Å²) in [6, 6.07) is 4.95. The predicted molar refractivity (Wildman–Crippen MR) is 105 cm³/mol. The summed E-state index contributed by atoms with van der Waals surface area (Å²) in [5, 5.41) is 0.951. The van der Waals surface area contributed by atoms with Gasteiger partial charge >= 0.3 is 11.4 Å². The van der Waals surface area contributed by atoms with Crippen LogP contribution in [0.5, 0.6) is 0 Å². The Balaban J connectivity index is 2.25. The third kappa shape index (κ3) is 5.18. The first-order chi connectivity index (χ1) is 13.0. The first-order valence-corrected chi connectivity index (χ1v) is 9.74. The van der Waals surface area contributed by atoms with Gasteiger partial charge < -0.3 is 11.1 Å². The molecule has 0 saturated heterocycles. The van der Waals surface area contributed by atoms with Crippen LogP contribution in [-0.2, 0) is 0 Å². The maximum atomic E-state index is 13.1. The van der Waals surface area contributed by atoms with Crippen molar-refractivity contribution in [3.05, 3.63) is 50.0 Å². The molecular formula is C17H15ClF5N3S2. The van der Waals surface area contributed by atoms with Gasteiger partial charge in [0.2, 0.25) is 0 Å². The van der Waals surface area contributed by atoms with Crippen molar-refractivity contribution in [1.29, 1.82) is 0 Å². The lowest BCUT2D eigenvalue weighted by molar-refractivity contribution is -0.237. The second-order valence-electron chi connectivity index (χ2n) is 5.56.